The topological polar surface area (TPSA) is 86.8 Å². The summed E-state index contributed by atoms with van der Waals surface area (Å²) in [6.45, 7) is 4.50. The Morgan fingerprint density at radius 3 is 2.38 bits per heavy atom. The summed E-state index contributed by atoms with van der Waals surface area (Å²) >= 11 is 0. The zero-order valence-corrected chi connectivity index (χ0v) is 23.2. The molecule has 0 radical (unpaired) electrons. The van der Waals surface area contributed by atoms with Gasteiger partial charge in [0.1, 0.15) is 6.04 Å². The first-order valence-electron chi connectivity index (χ1n) is 13.4. The third-order valence-corrected chi connectivity index (χ3v) is 8.96. The molecular weight excluding hydrogens is 486 g/mol. The normalized spacial score (nSPS) is 15.4. The van der Waals surface area contributed by atoms with Crippen molar-refractivity contribution in [3.05, 3.63) is 65.7 Å². The third-order valence-electron chi connectivity index (χ3n) is 7.09. The maximum Gasteiger partial charge on any atom is 0.243 e. The minimum absolute atomic E-state index is 0.0980. The van der Waals surface area contributed by atoms with Gasteiger partial charge in [-0.3, -0.25) is 9.59 Å². The van der Waals surface area contributed by atoms with E-state index in [4.69, 9.17) is 0 Å². The molecule has 1 saturated carbocycles. The number of nitrogens with one attached hydrogen (secondary N) is 1. The average Bonchev–Trinajstić information content (AvgIpc) is 2.89. The van der Waals surface area contributed by atoms with E-state index < -0.39 is 16.1 Å². The molecule has 1 aliphatic rings. The van der Waals surface area contributed by atoms with Crippen LogP contribution in [-0.4, -0.2) is 55.1 Å². The van der Waals surface area contributed by atoms with Gasteiger partial charge in [0.05, 0.1) is 4.90 Å². The summed E-state index contributed by atoms with van der Waals surface area (Å²) in [6, 6.07) is 15.9. The Balaban J connectivity index is 1.69. The SMILES string of the molecule is CC[C@H](C(=O)NC1CCCCC1)N(Cc1cccc(C)c1)C(=O)CCCN(C)S(=O)(=O)c1ccccc1. The van der Waals surface area contributed by atoms with Crippen molar-refractivity contribution in [3.63, 3.8) is 0 Å². The maximum atomic E-state index is 13.5. The Bertz CT molecular complexity index is 1130. The fourth-order valence-electron chi connectivity index (χ4n) is 4.96. The highest BCUT2D eigenvalue weighted by molar-refractivity contribution is 7.89. The molecule has 1 atom stereocenters. The van der Waals surface area contributed by atoms with Crippen molar-refractivity contribution in [1.82, 2.24) is 14.5 Å². The van der Waals surface area contributed by atoms with Gasteiger partial charge < -0.3 is 10.2 Å². The zero-order chi connectivity index (χ0) is 26.8. The first-order valence-corrected chi connectivity index (χ1v) is 14.8. The summed E-state index contributed by atoms with van der Waals surface area (Å²) in [4.78, 5) is 28.7. The molecule has 0 saturated heterocycles. The van der Waals surface area contributed by atoms with Gasteiger partial charge in [-0.05, 0) is 50.3 Å². The Kier molecular flexibility index (Phi) is 10.7. The van der Waals surface area contributed by atoms with E-state index in [1.807, 2.05) is 38.1 Å². The maximum absolute atomic E-state index is 13.5. The van der Waals surface area contributed by atoms with Crippen molar-refractivity contribution < 1.29 is 18.0 Å². The third kappa shape index (κ3) is 8.14. The van der Waals surface area contributed by atoms with Crippen molar-refractivity contribution in [2.45, 2.75) is 88.7 Å². The largest absolute Gasteiger partial charge is 0.352 e. The first kappa shape index (κ1) is 28.9. The molecule has 0 heterocycles. The number of sulfonamides is 1. The molecule has 0 bridgehead atoms. The summed E-state index contributed by atoms with van der Waals surface area (Å²) in [5, 5.41) is 3.19. The molecule has 2 amide bonds. The lowest BCUT2D eigenvalue weighted by molar-refractivity contribution is -0.141. The molecule has 2 aromatic carbocycles. The van der Waals surface area contributed by atoms with Crippen LogP contribution in [0, 0.1) is 6.92 Å². The minimum Gasteiger partial charge on any atom is -0.352 e. The molecule has 1 aliphatic carbocycles. The summed E-state index contributed by atoms with van der Waals surface area (Å²) in [6.07, 6.45) is 6.45. The van der Waals surface area contributed by atoms with Gasteiger partial charge in [0, 0.05) is 32.6 Å². The molecule has 37 heavy (non-hydrogen) atoms. The van der Waals surface area contributed by atoms with Crippen molar-refractivity contribution >= 4 is 21.8 Å². The van der Waals surface area contributed by atoms with Crippen LogP contribution >= 0.6 is 0 Å². The van der Waals surface area contributed by atoms with Gasteiger partial charge >= 0.3 is 0 Å². The lowest BCUT2D eigenvalue weighted by atomic mass is 9.95. The van der Waals surface area contributed by atoms with Gasteiger partial charge in [-0.1, -0.05) is 74.2 Å². The van der Waals surface area contributed by atoms with Gasteiger partial charge in [0.15, 0.2) is 0 Å². The number of hydrogen-bond acceptors (Lipinski definition) is 4. The highest BCUT2D eigenvalue weighted by atomic mass is 32.2. The van der Waals surface area contributed by atoms with Gasteiger partial charge in [-0.25, -0.2) is 12.7 Å². The summed E-state index contributed by atoms with van der Waals surface area (Å²) in [5.41, 5.74) is 2.07. The van der Waals surface area contributed by atoms with E-state index in [9.17, 15) is 18.0 Å². The predicted molar refractivity (Wildman–Crippen MR) is 146 cm³/mol. The molecule has 3 rings (SSSR count). The van der Waals surface area contributed by atoms with E-state index in [0.717, 1.165) is 36.8 Å². The predicted octanol–water partition coefficient (Wildman–Crippen LogP) is 4.65. The number of rotatable bonds is 12. The van der Waals surface area contributed by atoms with E-state index >= 15 is 0 Å². The van der Waals surface area contributed by atoms with E-state index in [2.05, 4.69) is 5.32 Å². The van der Waals surface area contributed by atoms with Crippen LogP contribution in [0.5, 0.6) is 0 Å². The average molecular weight is 528 g/mol. The van der Waals surface area contributed by atoms with Crippen LogP contribution in [0.15, 0.2) is 59.5 Å². The van der Waals surface area contributed by atoms with Crippen LogP contribution in [-0.2, 0) is 26.2 Å². The Morgan fingerprint density at radius 2 is 1.73 bits per heavy atom. The first-order chi connectivity index (χ1) is 17.7. The van der Waals surface area contributed by atoms with Crippen molar-refractivity contribution in [1.29, 1.82) is 0 Å². The molecule has 1 N–H and O–H groups in total. The molecule has 0 aromatic heterocycles. The number of carbonyl (C=O) groups is 2. The monoisotopic (exact) mass is 527 g/mol. The van der Waals surface area contributed by atoms with Crippen LogP contribution in [0.25, 0.3) is 0 Å². The number of carbonyl (C=O) groups excluding carboxylic acids is 2. The molecule has 0 spiro atoms. The summed E-state index contributed by atoms with van der Waals surface area (Å²) < 4.78 is 26.9. The number of benzene rings is 2. The van der Waals surface area contributed by atoms with Crippen LogP contribution in [0.4, 0.5) is 0 Å². The van der Waals surface area contributed by atoms with Gasteiger partial charge in [0.25, 0.3) is 0 Å². The quantitative estimate of drug-likeness (QED) is 0.435. The van der Waals surface area contributed by atoms with Crippen LogP contribution in [0.1, 0.15) is 69.4 Å². The van der Waals surface area contributed by atoms with Crippen molar-refractivity contribution in [3.8, 4) is 0 Å². The lowest BCUT2D eigenvalue weighted by Crippen LogP contribution is -2.51. The Hall–Kier alpha value is -2.71. The Labute approximate surface area is 222 Å². The molecular formula is C29H41N3O4S. The van der Waals surface area contributed by atoms with E-state index in [0.29, 0.717) is 19.4 Å². The Morgan fingerprint density at radius 1 is 1.03 bits per heavy atom. The second-order valence-electron chi connectivity index (χ2n) is 10.0. The summed E-state index contributed by atoms with van der Waals surface area (Å²) in [7, 11) is -2.09. The minimum atomic E-state index is -3.62. The number of aryl methyl sites for hydroxylation is 1. The summed E-state index contributed by atoms with van der Waals surface area (Å²) in [5.74, 6) is -0.239. The van der Waals surface area contributed by atoms with Gasteiger partial charge in [-0.15, -0.1) is 0 Å². The second-order valence-corrected chi connectivity index (χ2v) is 12.1. The number of amides is 2. The van der Waals surface area contributed by atoms with Crippen LogP contribution < -0.4 is 5.32 Å². The van der Waals surface area contributed by atoms with Crippen molar-refractivity contribution in [2.75, 3.05) is 13.6 Å². The molecule has 202 valence electrons. The van der Waals surface area contributed by atoms with E-state index in [1.165, 1.54) is 17.8 Å². The highest BCUT2D eigenvalue weighted by Gasteiger charge is 2.30. The van der Waals surface area contributed by atoms with Gasteiger partial charge in [-0.2, -0.15) is 0 Å². The van der Waals surface area contributed by atoms with Crippen molar-refractivity contribution in [2.24, 2.45) is 0 Å². The van der Waals surface area contributed by atoms with Crippen LogP contribution in [0.2, 0.25) is 0 Å². The zero-order valence-electron chi connectivity index (χ0n) is 22.4. The van der Waals surface area contributed by atoms with Gasteiger partial charge in [0.2, 0.25) is 21.8 Å². The number of hydrogen-bond donors (Lipinski definition) is 1. The molecule has 2 aromatic rings. The molecule has 1 fully saturated rings. The molecule has 0 unspecified atom stereocenters. The fraction of sp³-hybridized carbons (Fsp3) is 0.517. The fourth-order valence-corrected chi connectivity index (χ4v) is 6.19. The standard InChI is InChI=1S/C29H41N3O4S/c1-4-27(29(34)30-25-15-7-5-8-16-25)32(22-24-14-11-13-23(2)21-24)28(33)19-12-20-31(3)37(35,36)26-17-9-6-10-18-26/h6,9-11,13-14,17-18,21,25,27H,4-5,7-8,12,15-16,19-20,22H2,1-3H3,(H,30,34)/t27-/m1/s1. The lowest BCUT2D eigenvalue weighted by Gasteiger charge is -2.33. The second kappa shape index (κ2) is 13.7. The van der Waals surface area contributed by atoms with Crippen LogP contribution in [0.3, 0.4) is 0 Å². The van der Waals surface area contributed by atoms with E-state index in [1.54, 1.807) is 35.2 Å². The molecule has 0 aliphatic heterocycles. The molecule has 8 heteroatoms. The number of nitrogens with zero attached hydrogens (tertiary/aromatic N) is 2. The molecule has 7 nitrogen and oxygen atoms in total. The van der Waals surface area contributed by atoms with E-state index in [-0.39, 0.29) is 35.7 Å². The smallest absolute Gasteiger partial charge is 0.243 e. The highest BCUT2D eigenvalue weighted by Crippen LogP contribution is 2.20.